The fraction of sp³-hybridized carbons (Fsp3) is 0.667. The first-order valence-corrected chi connectivity index (χ1v) is 12.3. The number of guanidine groups is 1. The molecule has 0 fully saturated rings. The van der Waals surface area contributed by atoms with Crippen molar-refractivity contribution >= 4 is 40.0 Å². The monoisotopic (exact) mass is 570 g/mol. The molecule has 0 unspecified atom stereocenters. The van der Waals surface area contributed by atoms with Crippen molar-refractivity contribution in [1.82, 2.24) is 14.9 Å². The number of methoxy groups -OCH3 is 1. The largest absolute Gasteiger partial charge is 0.493 e. The van der Waals surface area contributed by atoms with Crippen molar-refractivity contribution in [1.29, 1.82) is 0 Å². The first-order chi connectivity index (χ1) is 14.3. The van der Waals surface area contributed by atoms with Crippen LogP contribution in [0.2, 0.25) is 0 Å². The van der Waals surface area contributed by atoms with Crippen LogP contribution in [0.3, 0.4) is 0 Å². The van der Waals surface area contributed by atoms with Crippen molar-refractivity contribution in [3.63, 3.8) is 0 Å². The molecule has 0 spiro atoms. The summed E-state index contributed by atoms with van der Waals surface area (Å²) in [6.45, 7) is 9.98. The molecule has 0 saturated heterocycles. The minimum Gasteiger partial charge on any atom is -0.493 e. The highest BCUT2D eigenvalue weighted by molar-refractivity contribution is 14.0. The Morgan fingerprint density at radius 2 is 1.90 bits per heavy atom. The van der Waals surface area contributed by atoms with Crippen molar-refractivity contribution in [2.75, 3.05) is 52.8 Å². The Morgan fingerprint density at radius 1 is 1.16 bits per heavy atom. The number of sulfonamides is 1. The smallest absolute Gasteiger partial charge is 0.211 e. The third-order valence-electron chi connectivity index (χ3n) is 4.42. The lowest BCUT2D eigenvalue weighted by molar-refractivity contribution is 0.172. The van der Waals surface area contributed by atoms with Gasteiger partial charge in [0.1, 0.15) is 5.75 Å². The Kier molecular flexibility index (Phi) is 15.9. The van der Waals surface area contributed by atoms with E-state index in [9.17, 15) is 8.42 Å². The molecule has 2 N–H and O–H groups in total. The predicted molar refractivity (Wildman–Crippen MR) is 138 cm³/mol. The van der Waals surface area contributed by atoms with E-state index < -0.39 is 10.0 Å². The number of hydrogen-bond acceptors (Lipinski definition) is 5. The van der Waals surface area contributed by atoms with Gasteiger partial charge in [-0.05, 0) is 31.9 Å². The molecule has 1 aromatic carbocycles. The normalized spacial score (nSPS) is 11.9. The van der Waals surface area contributed by atoms with Gasteiger partial charge < -0.3 is 20.1 Å². The van der Waals surface area contributed by atoms with E-state index in [2.05, 4.69) is 21.7 Å². The molecule has 0 bridgehead atoms. The van der Waals surface area contributed by atoms with Crippen LogP contribution in [-0.2, 0) is 21.3 Å². The molecule has 31 heavy (non-hydrogen) atoms. The number of halogens is 1. The van der Waals surface area contributed by atoms with Gasteiger partial charge in [-0.2, -0.15) is 0 Å². The maximum absolute atomic E-state index is 11.7. The summed E-state index contributed by atoms with van der Waals surface area (Å²) in [5.41, 5.74) is 2.16. The van der Waals surface area contributed by atoms with Gasteiger partial charge in [-0.3, -0.25) is 0 Å². The predicted octanol–water partition coefficient (Wildman–Crippen LogP) is 2.76. The fourth-order valence-corrected chi connectivity index (χ4v) is 3.77. The molecule has 10 heteroatoms. The molecule has 0 heterocycles. The van der Waals surface area contributed by atoms with Gasteiger partial charge in [0.2, 0.25) is 10.0 Å². The average molecular weight is 571 g/mol. The maximum atomic E-state index is 11.7. The standard InChI is InChI=1S/C21H38N4O4S.HI/c1-6-22-21(23-12-8-13-25(7-2)30(5,26)27)24-17-19-11-10-18(3)16-20(19)29-15-9-14-28-4;/h10-11,16H,6-9,12-15,17H2,1-5H3,(H2,22,23,24);1H. The van der Waals surface area contributed by atoms with Gasteiger partial charge in [0.05, 0.1) is 19.4 Å². The van der Waals surface area contributed by atoms with Crippen LogP contribution in [0.5, 0.6) is 5.75 Å². The van der Waals surface area contributed by atoms with Crippen LogP contribution in [0.25, 0.3) is 0 Å². The van der Waals surface area contributed by atoms with E-state index in [1.165, 1.54) is 10.6 Å². The summed E-state index contributed by atoms with van der Waals surface area (Å²) in [5.74, 6) is 1.54. The highest BCUT2D eigenvalue weighted by Crippen LogP contribution is 2.21. The minimum absolute atomic E-state index is 0. The Hall–Kier alpha value is -1.11. The number of aliphatic imine (C=N–C) groups is 1. The second-order valence-corrected chi connectivity index (χ2v) is 9.02. The van der Waals surface area contributed by atoms with Crippen molar-refractivity contribution in [2.24, 2.45) is 4.99 Å². The Labute approximate surface area is 205 Å². The molecular formula is C21H39IN4O4S. The molecule has 0 aliphatic rings. The van der Waals surface area contributed by atoms with E-state index in [0.717, 1.165) is 29.8 Å². The number of nitrogens with one attached hydrogen (secondary N) is 2. The van der Waals surface area contributed by atoms with E-state index in [-0.39, 0.29) is 24.0 Å². The zero-order valence-electron chi connectivity index (χ0n) is 19.4. The average Bonchev–Trinajstić information content (AvgIpc) is 2.69. The molecule has 0 atom stereocenters. The minimum atomic E-state index is -3.15. The van der Waals surface area contributed by atoms with Crippen molar-refractivity contribution in [3.05, 3.63) is 29.3 Å². The zero-order valence-corrected chi connectivity index (χ0v) is 22.6. The van der Waals surface area contributed by atoms with Crippen molar-refractivity contribution < 1.29 is 17.9 Å². The molecular weight excluding hydrogens is 531 g/mol. The van der Waals surface area contributed by atoms with Gasteiger partial charge in [-0.15, -0.1) is 24.0 Å². The van der Waals surface area contributed by atoms with Crippen LogP contribution in [0.4, 0.5) is 0 Å². The van der Waals surface area contributed by atoms with Gasteiger partial charge in [0.25, 0.3) is 0 Å². The first-order valence-electron chi connectivity index (χ1n) is 10.5. The summed E-state index contributed by atoms with van der Waals surface area (Å²) in [7, 11) is -1.47. The van der Waals surface area contributed by atoms with Gasteiger partial charge in [0.15, 0.2) is 5.96 Å². The SMILES string of the molecule is CCNC(=NCc1ccc(C)cc1OCCCOC)NCCCN(CC)S(C)(=O)=O.I. The van der Waals surface area contributed by atoms with Crippen molar-refractivity contribution in [3.8, 4) is 5.75 Å². The van der Waals surface area contributed by atoms with E-state index in [1.54, 1.807) is 7.11 Å². The molecule has 0 saturated carbocycles. The van der Waals surface area contributed by atoms with E-state index >= 15 is 0 Å². The summed E-state index contributed by atoms with van der Waals surface area (Å²) in [4.78, 5) is 4.66. The van der Waals surface area contributed by atoms with Gasteiger partial charge in [-0.1, -0.05) is 19.1 Å². The summed E-state index contributed by atoms with van der Waals surface area (Å²) < 4.78 is 35.8. The lowest BCUT2D eigenvalue weighted by Gasteiger charge is -2.18. The van der Waals surface area contributed by atoms with E-state index in [4.69, 9.17) is 9.47 Å². The Bertz CT molecular complexity index is 760. The molecule has 0 aliphatic carbocycles. The third kappa shape index (κ3) is 12.5. The quantitative estimate of drug-likeness (QED) is 0.155. The lowest BCUT2D eigenvalue weighted by Crippen LogP contribution is -2.39. The van der Waals surface area contributed by atoms with Crippen LogP contribution in [-0.4, -0.2) is 71.4 Å². The Balaban J connectivity index is 0.00000900. The number of aryl methyl sites for hydroxylation is 1. The van der Waals surface area contributed by atoms with E-state index in [1.807, 2.05) is 32.9 Å². The number of nitrogens with zero attached hydrogens (tertiary/aromatic N) is 2. The molecule has 8 nitrogen and oxygen atoms in total. The van der Waals surface area contributed by atoms with Gasteiger partial charge in [0, 0.05) is 51.9 Å². The van der Waals surface area contributed by atoms with Gasteiger partial charge >= 0.3 is 0 Å². The summed E-state index contributed by atoms with van der Waals surface area (Å²) in [6.07, 6.45) is 2.77. The number of hydrogen-bond donors (Lipinski definition) is 2. The van der Waals surface area contributed by atoms with Gasteiger partial charge in [-0.25, -0.2) is 17.7 Å². The Morgan fingerprint density at radius 3 is 2.52 bits per heavy atom. The van der Waals surface area contributed by atoms with Crippen LogP contribution >= 0.6 is 24.0 Å². The fourth-order valence-electron chi connectivity index (χ4n) is 2.84. The number of benzene rings is 1. The second kappa shape index (κ2) is 16.5. The molecule has 0 aromatic heterocycles. The first kappa shape index (κ1) is 29.9. The van der Waals surface area contributed by atoms with E-state index in [0.29, 0.717) is 51.8 Å². The highest BCUT2D eigenvalue weighted by atomic mass is 127. The second-order valence-electron chi connectivity index (χ2n) is 7.04. The summed E-state index contributed by atoms with van der Waals surface area (Å²) in [6, 6.07) is 6.12. The number of rotatable bonds is 14. The third-order valence-corrected chi connectivity index (χ3v) is 5.80. The summed E-state index contributed by atoms with van der Waals surface area (Å²) >= 11 is 0. The topological polar surface area (TPSA) is 92.3 Å². The van der Waals surface area contributed by atoms with Crippen molar-refractivity contribution in [2.45, 2.75) is 40.2 Å². The zero-order chi connectivity index (χ0) is 22.4. The molecule has 1 aromatic rings. The lowest BCUT2D eigenvalue weighted by atomic mass is 10.1. The molecule has 0 aliphatic heterocycles. The molecule has 0 amide bonds. The molecule has 180 valence electrons. The maximum Gasteiger partial charge on any atom is 0.211 e. The van der Waals surface area contributed by atoms with Crippen LogP contribution < -0.4 is 15.4 Å². The van der Waals surface area contributed by atoms with Crippen LogP contribution in [0.15, 0.2) is 23.2 Å². The summed E-state index contributed by atoms with van der Waals surface area (Å²) in [5, 5.41) is 6.50. The van der Waals surface area contributed by atoms with Crippen LogP contribution in [0, 0.1) is 6.92 Å². The highest BCUT2D eigenvalue weighted by Gasteiger charge is 2.13. The number of ether oxygens (including phenoxy) is 2. The molecule has 1 rings (SSSR count). The van der Waals surface area contributed by atoms with Crippen LogP contribution in [0.1, 0.15) is 37.8 Å². The molecule has 0 radical (unpaired) electrons.